The Morgan fingerprint density at radius 2 is 2.05 bits per heavy atom. The first-order valence-corrected chi connectivity index (χ1v) is 7.45. The minimum atomic E-state index is 0.537. The van der Waals surface area contributed by atoms with Crippen molar-refractivity contribution in [1.29, 1.82) is 5.26 Å². The first-order chi connectivity index (χ1) is 9.86. The van der Waals surface area contributed by atoms with E-state index >= 15 is 0 Å². The molecule has 0 aliphatic carbocycles. The van der Waals surface area contributed by atoms with Crippen molar-refractivity contribution in [2.24, 2.45) is 0 Å². The molecule has 20 heavy (non-hydrogen) atoms. The fourth-order valence-corrected chi connectivity index (χ4v) is 3.07. The molecule has 0 atom stereocenters. The van der Waals surface area contributed by atoms with Crippen molar-refractivity contribution in [1.82, 2.24) is 14.9 Å². The molecule has 1 aliphatic rings. The number of aromatic nitrogens is 2. The van der Waals surface area contributed by atoms with Crippen molar-refractivity contribution in [3.8, 4) is 6.07 Å². The van der Waals surface area contributed by atoms with E-state index < -0.39 is 0 Å². The number of thiazole rings is 1. The topological polar surface area (TPSA) is 56.1 Å². The smallest absolute Gasteiger partial charge is 0.185 e. The van der Waals surface area contributed by atoms with Crippen molar-refractivity contribution in [2.45, 2.75) is 6.54 Å². The van der Waals surface area contributed by atoms with Gasteiger partial charge in [0.2, 0.25) is 0 Å². The van der Waals surface area contributed by atoms with Crippen LogP contribution in [-0.4, -0.2) is 41.0 Å². The van der Waals surface area contributed by atoms with Gasteiger partial charge in [0.15, 0.2) is 5.13 Å². The number of hydrogen-bond acceptors (Lipinski definition) is 6. The van der Waals surface area contributed by atoms with Gasteiger partial charge in [-0.05, 0) is 6.07 Å². The molecule has 0 radical (unpaired) electrons. The summed E-state index contributed by atoms with van der Waals surface area (Å²) in [6, 6.07) is 6.04. The number of pyridine rings is 1. The molecule has 0 saturated carbocycles. The maximum Gasteiger partial charge on any atom is 0.185 e. The van der Waals surface area contributed by atoms with E-state index in [0.29, 0.717) is 5.69 Å². The van der Waals surface area contributed by atoms with Crippen LogP contribution in [0.1, 0.15) is 11.3 Å². The average Bonchev–Trinajstić information content (AvgIpc) is 3.03. The van der Waals surface area contributed by atoms with Crippen molar-refractivity contribution in [2.75, 3.05) is 31.1 Å². The molecule has 2 aromatic heterocycles. The molecule has 0 bridgehead atoms. The summed E-state index contributed by atoms with van der Waals surface area (Å²) in [6.07, 6.45) is 3.52. The second-order valence-electron chi connectivity index (χ2n) is 4.70. The number of anilines is 1. The van der Waals surface area contributed by atoms with E-state index in [4.69, 9.17) is 5.26 Å². The summed E-state index contributed by atoms with van der Waals surface area (Å²) >= 11 is 1.68. The van der Waals surface area contributed by atoms with Gasteiger partial charge in [0.05, 0.1) is 0 Å². The molecule has 0 aromatic carbocycles. The number of nitriles is 1. The molecule has 5 nitrogen and oxygen atoms in total. The van der Waals surface area contributed by atoms with Crippen molar-refractivity contribution < 1.29 is 0 Å². The van der Waals surface area contributed by atoms with Gasteiger partial charge in [-0.25, -0.2) is 9.97 Å². The zero-order valence-electron chi connectivity index (χ0n) is 11.1. The molecular formula is C14H15N5S. The van der Waals surface area contributed by atoms with Crippen LogP contribution in [0.5, 0.6) is 0 Å². The summed E-state index contributed by atoms with van der Waals surface area (Å²) < 4.78 is 0. The Morgan fingerprint density at radius 1 is 1.20 bits per heavy atom. The lowest BCUT2D eigenvalue weighted by Crippen LogP contribution is -2.46. The second-order valence-corrected chi connectivity index (χ2v) is 5.57. The summed E-state index contributed by atoms with van der Waals surface area (Å²) in [5.74, 6) is 0. The van der Waals surface area contributed by atoms with Gasteiger partial charge in [0.25, 0.3) is 0 Å². The Bertz CT molecular complexity index is 596. The lowest BCUT2D eigenvalue weighted by atomic mass is 10.2. The van der Waals surface area contributed by atoms with Crippen LogP contribution in [0, 0.1) is 11.3 Å². The van der Waals surface area contributed by atoms with E-state index in [1.54, 1.807) is 17.5 Å². The third-order valence-corrected chi connectivity index (χ3v) is 4.29. The predicted molar refractivity (Wildman–Crippen MR) is 78.6 cm³/mol. The number of rotatable bonds is 3. The maximum atomic E-state index is 9.07. The quantitative estimate of drug-likeness (QED) is 0.859. The summed E-state index contributed by atoms with van der Waals surface area (Å²) in [5, 5.41) is 12.2. The number of hydrogen-bond donors (Lipinski definition) is 0. The Balaban J connectivity index is 1.60. The SMILES string of the molecule is N#Cc1ncccc1CN1CCN(c2nccs2)CC1. The highest BCUT2D eigenvalue weighted by atomic mass is 32.1. The van der Waals surface area contributed by atoms with Crippen LogP contribution in [0.25, 0.3) is 0 Å². The van der Waals surface area contributed by atoms with E-state index in [2.05, 4.69) is 25.8 Å². The highest BCUT2D eigenvalue weighted by molar-refractivity contribution is 7.13. The van der Waals surface area contributed by atoms with Gasteiger partial charge in [-0.1, -0.05) is 6.07 Å². The van der Waals surface area contributed by atoms with E-state index in [1.165, 1.54) is 0 Å². The zero-order valence-corrected chi connectivity index (χ0v) is 11.9. The van der Waals surface area contributed by atoms with Crippen LogP contribution in [0.4, 0.5) is 5.13 Å². The minimum absolute atomic E-state index is 0.537. The van der Waals surface area contributed by atoms with Gasteiger partial charge in [-0.2, -0.15) is 5.26 Å². The molecule has 0 amide bonds. The van der Waals surface area contributed by atoms with Gasteiger partial charge in [-0.3, -0.25) is 4.90 Å². The van der Waals surface area contributed by atoms with Crippen LogP contribution < -0.4 is 4.90 Å². The molecule has 3 rings (SSSR count). The number of piperazine rings is 1. The van der Waals surface area contributed by atoms with E-state index in [-0.39, 0.29) is 0 Å². The molecular weight excluding hydrogens is 270 g/mol. The summed E-state index contributed by atoms with van der Waals surface area (Å²) in [7, 11) is 0. The highest BCUT2D eigenvalue weighted by Gasteiger charge is 2.19. The largest absolute Gasteiger partial charge is 0.346 e. The molecule has 3 heterocycles. The van der Waals surface area contributed by atoms with Crippen LogP contribution >= 0.6 is 11.3 Å². The summed E-state index contributed by atoms with van der Waals surface area (Å²) in [4.78, 5) is 13.1. The molecule has 102 valence electrons. The van der Waals surface area contributed by atoms with Gasteiger partial charge in [0, 0.05) is 56.1 Å². The average molecular weight is 285 g/mol. The van der Waals surface area contributed by atoms with Gasteiger partial charge in [-0.15, -0.1) is 11.3 Å². The molecule has 1 aliphatic heterocycles. The van der Waals surface area contributed by atoms with Crippen LogP contribution in [0.2, 0.25) is 0 Å². The van der Waals surface area contributed by atoms with Crippen molar-refractivity contribution in [3.05, 3.63) is 41.2 Å². The fourth-order valence-electron chi connectivity index (χ4n) is 2.38. The van der Waals surface area contributed by atoms with E-state index in [1.807, 2.05) is 23.7 Å². The minimum Gasteiger partial charge on any atom is -0.346 e. The zero-order chi connectivity index (χ0) is 13.8. The fraction of sp³-hybridized carbons (Fsp3) is 0.357. The Hall–Kier alpha value is -1.97. The van der Waals surface area contributed by atoms with Gasteiger partial charge >= 0.3 is 0 Å². The predicted octanol–water partition coefficient (Wildman–Crippen LogP) is 1.73. The summed E-state index contributed by atoms with van der Waals surface area (Å²) in [5.41, 5.74) is 1.55. The lowest BCUT2D eigenvalue weighted by Gasteiger charge is -2.34. The third-order valence-electron chi connectivity index (χ3n) is 3.45. The first-order valence-electron chi connectivity index (χ1n) is 6.57. The molecule has 0 N–H and O–H groups in total. The molecule has 1 fully saturated rings. The highest BCUT2D eigenvalue weighted by Crippen LogP contribution is 2.19. The number of nitrogens with zero attached hydrogens (tertiary/aromatic N) is 5. The van der Waals surface area contributed by atoms with Gasteiger partial charge in [0.1, 0.15) is 11.8 Å². The standard InChI is InChI=1S/C14H15N5S/c15-10-13-12(2-1-3-16-13)11-18-5-7-19(8-6-18)14-17-4-9-20-14/h1-4,9H,5-8,11H2. The Labute approximate surface area is 122 Å². The van der Waals surface area contributed by atoms with Gasteiger partial charge < -0.3 is 4.90 Å². The Kier molecular flexibility index (Phi) is 3.90. The normalized spacial score (nSPS) is 16.1. The van der Waals surface area contributed by atoms with Crippen molar-refractivity contribution in [3.63, 3.8) is 0 Å². The molecule has 1 saturated heterocycles. The molecule has 2 aromatic rings. The first kappa shape index (κ1) is 13.0. The maximum absolute atomic E-state index is 9.07. The van der Waals surface area contributed by atoms with E-state index in [9.17, 15) is 0 Å². The Morgan fingerprint density at radius 3 is 2.75 bits per heavy atom. The monoisotopic (exact) mass is 285 g/mol. The van der Waals surface area contributed by atoms with Crippen LogP contribution in [-0.2, 0) is 6.54 Å². The van der Waals surface area contributed by atoms with Crippen molar-refractivity contribution >= 4 is 16.5 Å². The van der Waals surface area contributed by atoms with E-state index in [0.717, 1.165) is 43.4 Å². The lowest BCUT2D eigenvalue weighted by molar-refractivity contribution is 0.249. The summed E-state index contributed by atoms with van der Waals surface area (Å²) in [6.45, 7) is 4.73. The van der Waals surface area contributed by atoms with Crippen LogP contribution in [0.3, 0.4) is 0 Å². The van der Waals surface area contributed by atoms with Crippen LogP contribution in [0.15, 0.2) is 29.9 Å². The third kappa shape index (κ3) is 2.79. The molecule has 6 heteroatoms. The molecule has 0 unspecified atom stereocenters. The molecule has 0 spiro atoms. The second kappa shape index (κ2) is 5.99.